The molecule has 0 amide bonds. The van der Waals surface area contributed by atoms with E-state index in [-0.39, 0.29) is 17.9 Å². The minimum Gasteiger partial charge on any atom is -0.508 e. The maximum atomic E-state index is 9.91. The van der Waals surface area contributed by atoms with E-state index >= 15 is 0 Å². The molecule has 2 rings (SSSR count). The van der Waals surface area contributed by atoms with Gasteiger partial charge in [0.15, 0.2) is 0 Å². The average Bonchev–Trinajstić information content (AvgIpc) is 2.61. The second-order valence-corrected chi connectivity index (χ2v) is 4.02. The van der Waals surface area contributed by atoms with Gasteiger partial charge in [-0.05, 0) is 30.7 Å². The van der Waals surface area contributed by atoms with Gasteiger partial charge in [-0.2, -0.15) is 0 Å². The number of nitrogens with zero attached hydrogens (tertiary/aromatic N) is 1. The van der Waals surface area contributed by atoms with Crippen LogP contribution in [0.1, 0.15) is 24.9 Å². The molecule has 0 radical (unpaired) electrons. The first-order chi connectivity index (χ1) is 7.22. The third-order valence-corrected chi connectivity index (χ3v) is 3.11. The molecule has 15 heavy (non-hydrogen) atoms. The van der Waals surface area contributed by atoms with E-state index in [1.54, 1.807) is 12.1 Å². The lowest BCUT2D eigenvalue weighted by molar-refractivity contribution is 0.119. The largest absolute Gasteiger partial charge is 0.508 e. The Labute approximate surface area is 90.0 Å². The van der Waals surface area contributed by atoms with E-state index in [0.717, 1.165) is 25.1 Å². The van der Waals surface area contributed by atoms with Gasteiger partial charge in [-0.15, -0.1) is 0 Å². The molecule has 3 heteroatoms. The highest BCUT2D eigenvalue weighted by atomic mass is 16.3. The maximum Gasteiger partial charge on any atom is 0.115 e. The van der Waals surface area contributed by atoms with Crippen LogP contribution in [0, 0.1) is 0 Å². The Bertz CT molecular complexity index is 323. The number of likely N-dealkylation sites (N-methyl/N-ethyl adjacent to an activating group) is 1. The highest BCUT2D eigenvalue weighted by molar-refractivity contribution is 5.29. The van der Waals surface area contributed by atoms with Gasteiger partial charge in [-0.25, -0.2) is 0 Å². The molecule has 1 saturated heterocycles. The second kappa shape index (κ2) is 4.21. The smallest absolute Gasteiger partial charge is 0.115 e. The van der Waals surface area contributed by atoms with Crippen molar-refractivity contribution in [1.82, 2.24) is 4.90 Å². The Hall–Kier alpha value is -1.06. The van der Waals surface area contributed by atoms with Gasteiger partial charge in [0.2, 0.25) is 0 Å². The molecule has 2 N–H and O–H groups in total. The molecule has 0 aromatic heterocycles. The number of phenolic OH excluding ortho intramolecular Hbond substituents is 1. The normalized spacial score (nSPS) is 27.1. The molecule has 1 aromatic carbocycles. The summed E-state index contributed by atoms with van der Waals surface area (Å²) < 4.78 is 0. The van der Waals surface area contributed by atoms with Crippen LogP contribution in [0.4, 0.5) is 0 Å². The summed E-state index contributed by atoms with van der Waals surface area (Å²) in [6.45, 7) is 4.00. The fourth-order valence-corrected chi connectivity index (χ4v) is 2.30. The van der Waals surface area contributed by atoms with Crippen LogP contribution >= 0.6 is 0 Å². The zero-order chi connectivity index (χ0) is 10.8. The molecular weight excluding hydrogens is 190 g/mol. The summed E-state index contributed by atoms with van der Waals surface area (Å²) in [5.74, 6) is 0.272. The number of likely N-dealkylation sites (tertiary alicyclic amines) is 1. The summed E-state index contributed by atoms with van der Waals surface area (Å²) >= 11 is 0. The van der Waals surface area contributed by atoms with E-state index in [9.17, 15) is 10.2 Å². The van der Waals surface area contributed by atoms with Crippen molar-refractivity contribution >= 4 is 0 Å². The van der Waals surface area contributed by atoms with Crippen LogP contribution in [-0.4, -0.2) is 34.3 Å². The Morgan fingerprint density at radius 3 is 2.60 bits per heavy atom. The van der Waals surface area contributed by atoms with Crippen LogP contribution in [0.15, 0.2) is 24.3 Å². The molecule has 82 valence electrons. The van der Waals surface area contributed by atoms with Gasteiger partial charge in [0.1, 0.15) is 5.75 Å². The molecule has 0 aliphatic carbocycles. The summed E-state index contributed by atoms with van der Waals surface area (Å²) in [5, 5.41) is 19.1. The summed E-state index contributed by atoms with van der Waals surface area (Å²) in [4.78, 5) is 2.26. The first kappa shape index (κ1) is 10.5. The lowest BCUT2D eigenvalue weighted by Crippen LogP contribution is -2.27. The Balaban J connectivity index is 2.24. The minimum absolute atomic E-state index is 0.0931. The number of hydrogen-bond donors (Lipinski definition) is 2. The van der Waals surface area contributed by atoms with Crippen molar-refractivity contribution in [1.29, 1.82) is 0 Å². The van der Waals surface area contributed by atoms with Crippen LogP contribution < -0.4 is 0 Å². The number of rotatable bonds is 2. The Kier molecular flexibility index (Phi) is 2.93. The molecule has 2 atom stereocenters. The summed E-state index contributed by atoms with van der Waals surface area (Å²) in [6, 6.07) is 7.22. The van der Waals surface area contributed by atoms with Crippen LogP contribution in [0.3, 0.4) is 0 Å². The summed E-state index contributed by atoms with van der Waals surface area (Å²) in [7, 11) is 0. The van der Waals surface area contributed by atoms with Gasteiger partial charge >= 0.3 is 0 Å². The predicted octanol–water partition coefficient (Wildman–Crippen LogP) is 1.52. The lowest BCUT2D eigenvalue weighted by Gasteiger charge is -2.25. The number of benzene rings is 1. The van der Waals surface area contributed by atoms with Gasteiger partial charge in [-0.1, -0.05) is 19.1 Å². The number of aromatic hydroxyl groups is 1. The number of phenols is 1. The summed E-state index contributed by atoms with van der Waals surface area (Å²) in [6.07, 6.45) is 0.550. The van der Waals surface area contributed by atoms with Crippen LogP contribution in [0.5, 0.6) is 5.75 Å². The van der Waals surface area contributed by atoms with E-state index < -0.39 is 0 Å². The zero-order valence-electron chi connectivity index (χ0n) is 8.93. The topological polar surface area (TPSA) is 43.7 Å². The van der Waals surface area contributed by atoms with Crippen molar-refractivity contribution in [3.8, 4) is 5.75 Å². The maximum absolute atomic E-state index is 9.91. The Morgan fingerprint density at radius 2 is 2.00 bits per heavy atom. The molecule has 0 saturated carbocycles. The first-order valence-corrected chi connectivity index (χ1v) is 5.43. The Morgan fingerprint density at radius 1 is 1.33 bits per heavy atom. The molecular formula is C12H17NO2. The number of hydrogen-bond acceptors (Lipinski definition) is 3. The standard InChI is InChI=1S/C12H17NO2/c1-2-13-8-7-11(15)12(13)9-3-5-10(14)6-4-9/h3-6,11-12,14-15H,2,7-8H2,1H3. The molecule has 2 unspecified atom stereocenters. The third kappa shape index (κ3) is 1.98. The first-order valence-electron chi connectivity index (χ1n) is 5.43. The lowest BCUT2D eigenvalue weighted by atomic mass is 10.0. The molecule has 1 heterocycles. The van der Waals surface area contributed by atoms with Crippen molar-refractivity contribution < 1.29 is 10.2 Å². The van der Waals surface area contributed by atoms with Crippen molar-refractivity contribution in [2.45, 2.75) is 25.5 Å². The van der Waals surface area contributed by atoms with Crippen LogP contribution in [0.25, 0.3) is 0 Å². The average molecular weight is 207 g/mol. The van der Waals surface area contributed by atoms with E-state index in [4.69, 9.17) is 0 Å². The SMILES string of the molecule is CCN1CCC(O)C1c1ccc(O)cc1. The van der Waals surface area contributed by atoms with Gasteiger partial charge in [0, 0.05) is 6.54 Å². The fraction of sp³-hybridized carbons (Fsp3) is 0.500. The van der Waals surface area contributed by atoms with Crippen molar-refractivity contribution in [2.75, 3.05) is 13.1 Å². The van der Waals surface area contributed by atoms with Crippen LogP contribution in [0.2, 0.25) is 0 Å². The fourth-order valence-electron chi connectivity index (χ4n) is 2.30. The van der Waals surface area contributed by atoms with E-state index in [1.165, 1.54) is 0 Å². The van der Waals surface area contributed by atoms with Gasteiger partial charge in [-0.3, -0.25) is 4.90 Å². The van der Waals surface area contributed by atoms with Gasteiger partial charge in [0.05, 0.1) is 12.1 Å². The monoisotopic (exact) mass is 207 g/mol. The molecule has 0 bridgehead atoms. The van der Waals surface area contributed by atoms with Crippen molar-refractivity contribution in [2.24, 2.45) is 0 Å². The quantitative estimate of drug-likeness (QED) is 0.772. The highest BCUT2D eigenvalue weighted by Crippen LogP contribution is 2.32. The van der Waals surface area contributed by atoms with Gasteiger partial charge in [0.25, 0.3) is 0 Å². The molecule has 0 spiro atoms. The predicted molar refractivity (Wildman–Crippen MR) is 58.7 cm³/mol. The van der Waals surface area contributed by atoms with E-state index in [2.05, 4.69) is 11.8 Å². The molecule has 1 aliphatic rings. The minimum atomic E-state index is -0.283. The molecule has 1 aromatic rings. The number of aliphatic hydroxyl groups excluding tert-OH is 1. The van der Waals surface area contributed by atoms with E-state index in [0.29, 0.717) is 0 Å². The molecule has 1 fully saturated rings. The second-order valence-electron chi connectivity index (χ2n) is 4.02. The van der Waals surface area contributed by atoms with E-state index in [1.807, 2.05) is 12.1 Å². The van der Waals surface area contributed by atoms with Crippen molar-refractivity contribution in [3.63, 3.8) is 0 Å². The highest BCUT2D eigenvalue weighted by Gasteiger charge is 2.32. The third-order valence-electron chi connectivity index (χ3n) is 3.11. The van der Waals surface area contributed by atoms with Crippen LogP contribution in [-0.2, 0) is 0 Å². The number of aliphatic hydroxyl groups is 1. The van der Waals surface area contributed by atoms with Gasteiger partial charge < -0.3 is 10.2 Å². The molecule has 1 aliphatic heterocycles. The molecule has 3 nitrogen and oxygen atoms in total. The van der Waals surface area contributed by atoms with Crippen molar-refractivity contribution in [3.05, 3.63) is 29.8 Å². The zero-order valence-corrected chi connectivity index (χ0v) is 8.93. The summed E-state index contributed by atoms with van der Waals surface area (Å²) in [5.41, 5.74) is 1.08.